The third kappa shape index (κ3) is 2.93. The van der Waals surface area contributed by atoms with Gasteiger partial charge in [-0.25, -0.2) is 4.98 Å². The maximum atomic E-state index is 12.5. The molecule has 0 unspecified atom stereocenters. The Labute approximate surface area is 151 Å². The fourth-order valence-corrected chi connectivity index (χ4v) is 3.68. The molecule has 134 valence electrons. The van der Waals surface area contributed by atoms with Crippen molar-refractivity contribution in [3.63, 3.8) is 0 Å². The first-order valence-corrected chi connectivity index (χ1v) is 8.71. The quantitative estimate of drug-likeness (QED) is 0.738. The molecule has 0 saturated carbocycles. The van der Waals surface area contributed by atoms with Crippen LogP contribution in [0.25, 0.3) is 10.9 Å². The predicted octanol–water partition coefficient (Wildman–Crippen LogP) is 2.42. The van der Waals surface area contributed by atoms with Crippen molar-refractivity contribution >= 4 is 16.6 Å². The summed E-state index contributed by atoms with van der Waals surface area (Å²) in [5, 5.41) is 9.86. The maximum absolute atomic E-state index is 12.5. The molecule has 2 aromatic carbocycles. The molecular formula is C20H21N3O3. The average molecular weight is 351 g/mol. The molecule has 1 atom stereocenters. The van der Waals surface area contributed by atoms with Crippen molar-refractivity contribution in [1.82, 2.24) is 9.97 Å². The first-order chi connectivity index (χ1) is 12.7. The van der Waals surface area contributed by atoms with Gasteiger partial charge in [0.05, 0.1) is 24.6 Å². The van der Waals surface area contributed by atoms with E-state index in [0.717, 1.165) is 18.7 Å². The van der Waals surface area contributed by atoms with Crippen molar-refractivity contribution in [2.45, 2.75) is 18.9 Å². The zero-order valence-electron chi connectivity index (χ0n) is 14.6. The Bertz CT molecular complexity index is 999. The van der Waals surface area contributed by atoms with Gasteiger partial charge in [0.1, 0.15) is 11.6 Å². The van der Waals surface area contributed by atoms with Crippen LogP contribution in [-0.4, -0.2) is 35.3 Å². The summed E-state index contributed by atoms with van der Waals surface area (Å²) in [6.45, 7) is 1.50. The van der Waals surface area contributed by atoms with Crippen LogP contribution in [-0.2, 0) is 6.54 Å². The van der Waals surface area contributed by atoms with E-state index in [-0.39, 0.29) is 12.2 Å². The van der Waals surface area contributed by atoms with Crippen molar-refractivity contribution in [2.75, 3.05) is 25.2 Å². The van der Waals surface area contributed by atoms with Crippen LogP contribution in [0, 0.1) is 0 Å². The number of aliphatic hydroxyl groups is 1. The molecule has 0 radical (unpaired) electrons. The number of benzene rings is 2. The predicted molar refractivity (Wildman–Crippen MR) is 101 cm³/mol. The number of aromatic nitrogens is 2. The van der Waals surface area contributed by atoms with Gasteiger partial charge in [0, 0.05) is 24.8 Å². The number of methoxy groups -OCH3 is 1. The topological polar surface area (TPSA) is 78.5 Å². The fourth-order valence-electron chi connectivity index (χ4n) is 3.68. The second kappa shape index (κ2) is 6.80. The first-order valence-electron chi connectivity index (χ1n) is 8.71. The lowest BCUT2D eigenvalue weighted by molar-refractivity contribution is 0.277. The Kier molecular flexibility index (Phi) is 4.34. The highest BCUT2D eigenvalue weighted by molar-refractivity contribution is 5.79. The van der Waals surface area contributed by atoms with Crippen LogP contribution in [0.5, 0.6) is 5.75 Å². The van der Waals surface area contributed by atoms with Crippen LogP contribution in [0.3, 0.4) is 0 Å². The molecule has 1 aliphatic heterocycles. The standard InChI is InChI=1S/C20H21N3O3/c1-26-14-6-7-17-16(10-14)20(25)22-19(21-17)12-23-11-13(8-9-24)15-4-2-3-5-18(15)23/h2-7,10,13,24H,8-9,11-12H2,1H3,(H,21,22,25)/t13-/m1/s1. The number of H-pyrrole nitrogens is 1. The Balaban J connectivity index is 1.66. The van der Waals surface area contributed by atoms with Crippen LogP contribution in [0.2, 0.25) is 0 Å². The largest absolute Gasteiger partial charge is 0.497 e. The molecule has 4 rings (SSSR count). The second-order valence-electron chi connectivity index (χ2n) is 6.54. The number of rotatable bonds is 5. The minimum absolute atomic E-state index is 0.164. The van der Waals surface area contributed by atoms with Crippen LogP contribution < -0.4 is 15.2 Å². The lowest BCUT2D eigenvalue weighted by Gasteiger charge is -2.19. The summed E-state index contributed by atoms with van der Waals surface area (Å²) in [4.78, 5) is 22.2. The molecule has 2 heterocycles. The Hall–Kier alpha value is -2.86. The summed E-state index contributed by atoms with van der Waals surface area (Å²) in [7, 11) is 1.57. The molecule has 2 N–H and O–H groups in total. The van der Waals surface area contributed by atoms with Crippen molar-refractivity contribution in [3.8, 4) is 5.75 Å². The molecule has 1 aliphatic rings. The van der Waals surface area contributed by atoms with Crippen molar-refractivity contribution in [2.24, 2.45) is 0 Å². The van der Waals surface area contributed by atoms with Gasteiger partial charge in [0.25, 0.3) is 5.56 Å². The maximum Gasteiger partial charge on any atom is 0.258 e. The number of aromatic amines is 1. The zero-order chi connectivity index (χ0) is 18.1. The van der Waals surface area contributed by atoms with E-state index in [1.54, 1.807) is 25.3 Å². The number of nitrogens with one attached hydrogen (secondary N) is 1. The number of hydrogen-bond acceptors (Lipinski definition) is 5. The third-order valence-electron chi connectivity index (χ3n) is 4.94. The molecule has 3 aromatic rings. The van der Waals surface area contributed by atoms with E-state index >= 15 is 0 Å². The van der Waals surface area contributed by atoms with E-state index in [1.807, 2.05) is 12.1 Å². The third-order valence-corrected chi connectivity index (χ3v) is 4.94. The lowest BCUT2D eigenvalue weighted by Crippen LogP contribution is -2.25. The molecule has 0 bridgehead atoms. The van der Waals surface area contributed by atoms with Gasteiger partial charge >= 0.3 is 0 Å². The Morgan fingerprint density at radius 1 is 1.31 bits per heavy atom. The van der Waals surface area contributed by atoms with Gasteiger partial charge in [-0.1, -0.05) is 18.2 Å². The van der Waals surface area contributed by atoms with Crippen molar-refractivity contribution < 1.29 is 9.84 Å². The highest BCUT2D eigenvalue weighted by atomic mass is 16.5. The first kappa shape index (κ1) is 16.6. The fraction of sp³-hybridized carbons (Fsp3) is 0.300. The average Bonchev–Trinajstić information content (AvgIpc) is 3.00. The van der Waals surface area contributed by atoms with Gasteiger partial charge in [-0.2, -0.15) is 0 Å². The van der Waals surface area contributed by atoms with Crippen LogP contribution in [0.4, 0.5) is 5.69 Å². The smallest absolute Gasteiger partial charge is 0.258 e. The van der Waals surface area contributed by atoms with Gasteiger partial charge in [0.15, 0.2) is 0 Å². The SMILES string of the molecule is COc1ccc2nc(CN3C[C@@H](CCO)c4ccccc43)[nH]c(=O)c2c1. The van der Waals surface area contributed by atoms with Crippen LogP contribution in [0.1, 0.15) is 23.7 Å². The summed E-state index contributed by atoms with van der Waals surface area (Å²) in [6, 6.07) is 13.5. The van der Waals surface area contributed by atoms with Crippen LogP contribution in [0.15, 0.2) is 47.3 Å². The summed E-state index contributed by atoms with van der Waals surface area (Å²) in [6.07, 6.45) is 0.731. The molecule has 6 nitrogen and oxygen atoms in total. The lowest BCUT2D eigenvalue weighted by atomic mass is 9.99. The normalized spacial score (nSPS) is 16.1. The van der Waals surface area contributed by atoms with Gasteiger partial charge < -0.3 is 19.7 Å². The number of anilines is 1. The van der Waals surface area contributed by atoms with E-state index in [0.29, 0.717) is 34.9 Å². The van der Waals surface area contributed by atoms with E-state index in [4.69, 9.17) is 4.74 Å². The molecule has 26 heavy (non-hydrogen) atoms. The highest BCUT2D eigenvalue weighted by Crippen LogP contribution is 2.38. The van der Waals surface area contributed by atoms with E-state index in [9.17, 15) is 9.90 Å². The van der Waals surface area contributed by atoms with E-state index < -0.39 is 0 Å². The number of aliphatic hydroxyl groups excluding tert-OH is 1. The van der Waals surface area contributed by atoms with Gasteiger partial charge in [-0.05, 0) is 36.2 Å². The molecule has 1 aromatic heterocycles. The van der Waals surface area contributed by atoms with Crippen molar-refractivity contribution in [1.29, 1.82) is 0 Å². The van der Waals surface area contributed by atoms with Gasteiger partial charge in [-0.15, -0.1) is 0 Å². The minimum atomic E-state index is -0.164. The molecule has 6 heteroatoms. The summed E-state index contributed by atoms with van der Waals surface area (Å²) in [5.41, 5.74) is 2.88. The Morgan fingerprint density at radius 3 is 2.96 bits per heavy atom. The highest BCUT2D eigenvalue weighted by Gasteiger charge is 2.28. The van der Waals surface area contributed by atoms with E-state index in [2.05, 4.69) is 27.0 Å². The zero-order valence-corrected chi connectivity index (χ0v) is 14.6. The summed E-state index contributed by atoms with van der Waals surface area (Å²) in [5.74, 6) is 1.57. The summed E-state index contributed by atoms with van der Waals surface area (Å²) < 4.78 is 5.18. The number of para-hydroxylation sites is 1. The van der Waals surface area contributed by atoms with Crippen LogP contribution >= 0.6 is 0 Å². The summed E-state index contributed by atoms with van der Waals surface area (Å²) >= 11 is 0. The molecule has 0 amide bonds. The van der Waals surface area contributed by atoms with E-state index in [1.165, 1.54) is 5.56 Å². The molecule has 0 aliphatic carbocycles. The van der Waals surface area contributed by atoms with Gasteiger partial charge in [-0.3, -0.25) is 4.79 Å². The van der Waals surface area contributed by atoms with Gasteiger partial charge in [0.2, 0.25) is 0 Å². The molecular weight excluding hydrogens is 330 g/mol. The van der Waals surface area contributed by atoms with Crippen molar-refractivity contribution in [3.05, 3.63) is 64.2 Å². The molecule has 0 fully saturated rings. The number of fused-ring (bicyclic) bond motifs is 2. The number of nitrogens with zero attached hydrogens (tertiary/aromatic N) is 2. The number of hydrogen-bond donors (Lipinski definition) is 2. The number of ether oxygens (including phenoxy) is 1. The minimum Gasteiger partial charge on any atom is -0.497 e. The molecule has 0 saturated heterocycles. The monoisotopic (exact) mass is 351 g/mol. The Morgan fingerprint density at radius 2 is 2.15 bits per heavy atom. The molecule has 0 spiro atoms. The second-order valence-corrected chi connectivity index (χ2v) is 6.54.